The van der Waals surface area contributed by atoms with Crippen molar-refractivity contribution in [3.8, 4) is 0 Å². The highest BCUT2D eigenvalue weighted by Gasteiger charge is 2.40. The third-order valence-corrected chi connectivity index (χ3v) is 4.84. The molecule has 7 heteroatoms. The van der Waals surface area contributed by atoms with E-state index in [1.807, 2.05) is 6.92 Å². The molecule has 1 unspecified atom stereocenters. The number of carbonyl (C=O) groups is 1. The van der Waals surface area contributed by atoms with E-state index in [-0.39, 0.29) is 17.9 Å². The van der Waals surface area contributed by atoms with E-state index in [0.717, 1.165) is 9.98 Å². The summed E-state index contributed by atoms with van der Waals surface area (Å²) >= 11 is 0. The molecule has 6 nitrogen and oxygen atoms in total. The van der Waals surface area contributed by atoms with Gasteiger partial charge in [0.2, 0.25) is 0 Å². The Morgan fingerprint density at radius 2 is 1.95 bits per heavy atom. The zero-order valence-corrected chi connectivity index (χ0v) is 13.1. The molecule has 0 saturated heterocycles. The van der Waals surface area contributed by atoms with Crippen LogP contribution in [0.1, 0.15) is 25.8 Å². The number of carbonyl (C=O) groups excluding carboxylic acids is 1. The van der Waals surface area contributed by atoms with Gasteiger partial charge in [0.25, 0.3) is 10.0 Å². The van der Waals surface area contributed by atoms with Crippen LogP contribution >= 0.6 is 0 Å². The molecule has 0 aromatic heterocycles. The van der Waals surface area contributed by atoms with Crippen molar-refractivity contribution in [1.29, 1.82) is 0 Å². The lowest BCUT2D eigenvalue weighted by Crippen LogP contribution is -2.39. The fraction of sp³-hybridized carbons (Fsp3) is 0.429. The van der Waals surface area contributed by atoms with Gasteiger partial charge in [-0.3, -0.25) is 0 Å². The van der Waals surface area contributed by atoms with E-state index in [4.69, 9.17) is 4.74 Å². The monoisotopic (exact) mass is 310 g/mol. The molecule has 1 heterocycles. The molecule has 0 spiro atoms. The van der Waals surface area contributed by atoms with E-state index in [9.17, 15) is 13.2 Å². The Labute approximate surface area is 124 Å². The lowest BCUT2D eigenvalue weighted by Gasteiger charge is -2.21. The van der Waals surface area contributed by atoms with Crippen molar-refractivity contribution in [2.45, 2.75) is 38.1 Å². The molecule has 1 aromatic rings. The first kappa shape index (κ1) is 15.5. The van der Waals surface area contributed by atoms with E-state index in [0.29, 0.717) is 5.71 Å². The van der Waals surface area contributed by atoms with Crippen LogP contribution in [0.2, 0.25) is 0 Å². The van der Waals surface area contributed by atoms with E-state index < -0.39 is 22.0 Å². The van der Waals surface area contributed by atoms with E-state index in [2.05, 4.69) is 5.10 Å². The van der Waals surface area contributed by atoms with Crippen LogP contribution in [-0.2, 0) is 19.6 Å². The van der Waals surface area contributed by atoms with Crippen LogP contribution in [0.15, 0.2) is 34.3 Å². The Hall–Kier alpha value is -1.89. The lowest BCUT2D eigenvalue weighted by molar-refractivity contribution is -0.147. The summed E-state index contributed by atoms with van der Waals surface area (Å²) in [5, 5.41) is 4.00. The fourth-order valence-electron chi connectivity index (χ4n) is 2.09. The van der Waals surface area contributed by atoms with Crippen LogP contribution < -0.4 is 0 Å². The highest BCUT2D eigenvalue weighted by atomic mass is 32.2. The fourth-order valence-corrected chi connectivity index (χ4v) is 3.53. The molecule has 1 aromatic carbocycles. The molecular weight excluding hydrogens is 292 g/mol. The Balaban J connectivity index is 2.37. The third-order valence-electron chi connectivity index (χ3n) is 3.15. The summed E-state index contributed by atoms with van der Waals surface area (Å²) in [6.07, 6.45) is 0.254. The minimum Gasteiger partial charge on any atom is -0.464 e. The lowest BCUT2D eigenvalue weighted by atomic mass is 10.2. The zero-order chi connectivity index (χ0) is 15.6. The summed E-state index contributed by atoms with van der Waals surface area (Å²) < 4.78 is 31.0. The normalized spacial score (nSPS) is 18.5. The van der Waals surface area contributed by atoms with E-state index in [1.165, 1.54) is 12.1 Å². The highest BCUT2D eigenvalue weighted by molar-refractivity contribution is 7.89. The van der Waals surface area contributed by atoms with Gasteiger partial charge in [-0.15, -0.1) is 0 Å². The topological polar surface area (TPSA) is 76.0 Å². The molecule has 21 heavy (non-hydrogen) atoms. The number of hydrazone groups is 1. The van der Waals surface area contributed by atoms with Crippen molar-refractivity contribution in [1.82, 2.24) is 4.41 Å². The van der Waals surface area contributed by atoms with Gasteiger partial charge in [-0.05, 0) is 32.9 Å². The molecule has 0 amide bonds. The van der Waals surface area contributed by atoms with Gasteiger partial charge in [-0.2, -0.15) is 17.9 Å². The summed E-state index contributed by atoms with van der Waals surface area (Å²) in [6.45, 7) is 5.44. The Bertz CT molecular complexity index is 665. The highest BCUT2D eigenvalue weighted by Crippen LogP contribution is 2.26. The van der Waals surface area contributed by atoms with Crippen molar-refractivity contribution in [3.05, 3.63) is 29.8 Å². The number of nitrogens with zero attached hydrogens (tertiary/aromatic N) is 2. The minimum atomic E-state index is -3.86. The number of hydrogen-bond acceptors (Lipinski definition) is 5. The molecule has 0 N–H and O–H groups in total. The first-order chi connectivity index (χ1) is 9.86. The average molecular weight is 310 g/mol. The predicted molar refractivity (Wildman–Crippen MR) is 78.4 cm³/mol. The minimum absolute atomic E-state index is 0.112. The summed E-state index contributed by atoms with van der Waals surface area (Å²) in [6, 6.07) is 5.51. The first-order valence-corrected chi connectivity index (χ1v) is 8.12. The number of benzene rings is 1. The second-order valence-corrected chi connectivity index (χ2v) is 6.69. The summed E-state index contributed by atoms with van der Waals surface area (Å²) in [5.74, 6) is -0.575. The van der Waals surface area contributed by atoms with Crippen LogP contribution in [0.25, 0.3) is 0 Å². The molecule has 0 aliphatic carbocycles. The molecule has 114 valence electrons. The molecule has 0 bridgehead atoms. The molecule has 0 saturated carbocycles. The zero-order valence-electron chi connectivity index (χ0n) is 12.2. The second kappa shape index (κ2) is 5.85. The quantitative estimate of drug-likeness (QED) is 0.793. The van der Waals surface area contributed by atoms with Crippen molar-refractivity contribution >= 4 is 21.7 Å². The predicted octanol–water partition coefficient (Wildman–Crippen LogP) is 1.70. The number of hydrogen-bond donors (Lipinski definition) is 0. The van der Waals surface area contributed by atoms with Crippen LogP contribution in [0, 0.1) is 6.92 Å². The number of rotatable bonds is 4. The van der Waals surface area contributed by atoms with Crippen molar-refractivity contribution in [2.24, 2.45) is 5.10 Å². The van der Waals surface area contributed by atoms with Gasteiger partial charge in [0.1, 0.15) is 0 Å². The number of sulfonamides is 1. The molecular formula is C14H18N2O4S. The maximum absolute atomic E-state index is 12.6. The first-order valence-electron chi connectivity index (χ1n) is 6.68. The van der Waals surface area contributed by atoms with Crippen molar-refractivity contribution < 1.29 is 17.9 Å². The third kappa shape index (κ3) is 3.07. The second-order valence-electron chi connectivity index (χ2n) is 4.90. The average Bonchev–Trinajstić information content (AvgIpc) is 2.82. The van der Waals surface area contributed by atoms with Crippen molar-refractivity contribution in [2.75, 3.05) is 6.61 Å². The smallest absolute Gasteiger partial charge is 0.332 e. The summed E-state index contributed by atoms with van der Waals surface area (Å²) in [4.78, 5) is 12.0. The summed E-state index contributed by atoms with van der Waals surface area (Å²) in [7, 11) is -3.86. The van der Waals surface area contributed by atoms with Crippen LogP contribution in [-0.4, -0.2) is 37.2 Å². The SMILES string of the molecule is CCOC(=O)C1CC(C)=NN1S(=O)(=O)c1ccc(C)cc1. The maximum Gasteiger partial charge on any atom is 0.332 e. The Morgan fingerprint density at radius 3 is 2.52 bits per heavy atom. The van der Waals surface area contributed by atoms with Gasteiger partial charge in [0, 0.05) is 12.1 Å². The van der Waals surface area contributed by atoms with Gasteiger partial charge in [-0.1, -0.05) is 17.7 Å². The molecule has 1 aliphatic heterocycles. The van der Waals surface area contributed by atoms with Gasteiger partial charge in [0.15, 0.2) is 6.04 Å². The molecule has 0 radical (unpaired) electrons. The molecule has 1 aliphatic rings. The van der Waals surface area contributed by atoms with Gasteiger partial charge < -0.3 is 4.74 Å². The molecule has 0 fully saturated rings. The van der Waals surface area contributed by atoms with Crippen LogP contribution in [0.4, 0.5) is 0 Å². The number of esters is 1. The van der Waals surface area contributed by atoms with Crippen molar-refractivity contribution in [3.63, 3.8) is 0 Å². The van der Waals surface area contributed by atoms with Gasteiger partial charge in [-0.25, -0.2) is 4.79 Å². The largest absolute Gasteiger partial charge is 0.464 e. The number of ether oxygens (including phenoxy) is 1. The maximum atomic E-state index is 12.6. The summed E-state index contributed by atoms with van der Waals surface area (Å²) in [5.41, 5.74) is 1.54. The van der Waals surface area contributed by atoms with Crippen LogP contribution in [0.3, 0.4) is 0 Å². The Morgan fingerprint density at radius 1 is 1.33 bits per heavy atom. The molecule has 2 rings (SSSR count). The van der Waals surface area contributed by atoms with Gasteiger partial charge in [0.05, 0.1) is 11.5 Å². The van der Waals surface area contributed by atoms with E-state index >= 15 is 0 Å². The Kier molecular flexibility index (Phi) is 4.32. The number of aryl methyl sites for hydroxylation is 1. The van der Waals surface area contributed by atoms with Gasteiger partial charge >= 0.3 is 5.97 Å². The molecule has 1 atom stereocenters. The van der Waals surface area contributed by atoms with Crippen LogP contribution in [0.5, 0.6) is 0 Å². The standard InChI is InChI=1S/C14H18N2O4S/c1-4-20-14(17)13-9-11(3)15-16(13)21(18,19)12-7-5-10(2)6-8-12/h5-8,13H,4,9H2,1-3H3. The van der Waals surface area contributed by atoms with E-state index in [1.54, 1.807) is 26.0 Å².